The lowest BCUT2D eigenvalue weighted by Crippen LogP contribution is -2.69. The summed E-state index contributed by atoms with van der Waals surface area (Å²) in [5, 5.41) is 2.90. The fraction of sp³-hybridized carbons (Fsp3) is 0.875. The fourth-order valence-electron chi connectivity index (χ4n) is 2.65. The molecule has 3 unspecified atom stereocenters. The summed E-state index contributed by atoms with van der Waals surface area (Å²) in [6.07, 6.45) is 0. The Bertz CT molecular complexity index is 382. The number of amides is 2. The molecule has 0 aromatic rings. The first-order valence-corrected chi connectivity index (χ1v) is 7.61. The van der Waals surface area contributed by atoms with Gasteiger partial charge < -0.3 is 10.2 Å². The molecule has 4 heteroatoms. The van der Waals surface area contributed by atoms with E-state index in [4.69, 9.17) is 0 Å². The van der Waals surface area contributed by atoms with Crippen molar-refractivity contribution in [3.05, 3.63) is 0 Å². The van der Waals surface area contributed by atoms with Gasteiger partial charge in [-0.15, -0.1) is 0 Å². The van der Waals surface area contributed by atoms with Gasteiger partial charge >= 0.3 is 0 Å². The van der Waals surface area contributed by atoms with Crippen molar-refractivity contribution in [2.75, 3.05) is 0 Å². The predicted octanol–water partition coefficient (Wildman–Crippen LogP) is 2.43. The van der Waals surface area contributed by atoms with Gasteiger partial charge in [0.1, 0.15) is 12.1 Å². The molecule has 0 aromatic carbocycles. The Labute approximate surface area is 123 Å². The average Bonchev–Trinajstić information content (AvgIpc) is 2.28. The fourth-order valence-corrected chi connectivity index (χ4v) is 2.65. The van der Waals surface area contributed by atoms with Crippen molar-refractivity contribution in [3.63, 3.8) is 0 Å². The Morgan fingerprint density at radius 1 is 1.00 bits per heavy atom. The lowest BCUT2D eigenvalue weighted by Gasteiger charge is -2.48. The average molecular weight is 282 g/mol. The number of hydrogen-bond donors (Lipinski definition) is 1. The maximum Gasteiger partial charge on any atom is 0.246 e. The molecule has 1 rings (SSSR count). The number of nitrogens with zero attached hydrogens (tertiary/aromatic N) is 1. The van der Waals surface area contributed by atoms with E-state index in [1.807, 2.05) is 39.5 Å². The van der Waals surface area contributed by atoms with Gasteiger partial charge in [-0.1, -0.05) is 48.5 Å². The summed E-state index contributed by atoms with van der Waals surface area (Å²) in [5.74, 6) is 0.251. The second-order valence-electron chi connectivity index (χ2n) is 7.71. The van der Waals surface area contributed by atoms with E-state index in [1.54, 1.807) is 0 Å². The van der Waals surface area contributed by atoms with Crippen LogP contribution >= 0.6 is 0 Å². The van der Waals surface area contributed by atoms with Crippen molar-refractivity contribution in [2.45, 2.75) is 73.5 Å². The van der Waals surface area contributed by atoms with Gasteiger partial charge in [0.25, 0.3) is 0 Å². The van der Waals surface area contributed by atoms with E-state index in [2.05, 4.69) is 26.1 Å². The molecule has 1 N–H and O–H groups in total. The minimum Gasteiger partial charge on any atom is -0.342 e. The van der Waals surface area contributed by atoms with Crippen molar-refractivity contribution in [2.24, 2.45) is 17.3 Å². The smallest absolute Gasteiger partial charge is 0.246 e. The van der Waals surface area contributed by atoms with Gasteiger partial charge in [0.05, 0.1) is 0 Å². The quantitative estimate of drug-likeness (QED) is 0.864. The lowest BCUT2D eigenvalue weighted by molar-refractivity contribution is -0.157. The molecule has 1 heterocycles. The first-order valence-electron chi connectivity index (χ1n) is 7.61. The number of rotatable bonds is 3. The van der Waals surface area contributed by atoms with Gasteiger partial charge in [-0.3, -0.25) is 9.59 Å². The monoisotopic (exact) mass is 282 g/mol. The highest BCUT2D eigenvalue weighted by atomic mass is 16.2. The summed E-state index contributed by atoms with van der Waals surface area (Å²) in [4.78, 5) is 27.1. The van der Waals surface area contributed by atoms with Crippen LogP contribution in [0.5, 0.6) is 0 Å². The van der Waals surface area contributed by atoms with Crippen LogP contribution < -0.4 is 5.32 Å². The van der Waals surface area contributed by atoms with Gasteiger partial charge in [-0.2, -0.15) is 0 Å². The lowest BCUT2D eigenvalue weighted by atomic mass is 9.82. The van der Waals surface area contributed by atoms with E-state index in [0.29, 0.717) is 0 Å². The predicted molar refractivity (Wildman–Crippen MR) is 81.2 cm³/mol. The van der Waals surface area contributed by atoms with Crippen LogP contribution in [-0.4, -0.2) is 34.8 Å². The summed E-state index contributed by atoms with van der Waals surface area (Å²) < 4.78 is 0. The molecule has 116 valence electrons. The van der Waals surface area contributed by atoms with E-state index in [9.17, 15) is 9.59 Å². The summed E-state index contributed by atoms with van der Waals surface area (Å²) in [6, 6.07) is -0.747. The van der Waals surface area contributed by atoms with Crippen LogP contribution in [0.15, 0.2) is 0 Å². The molecule has 1 fully saturated rings. The molecule has 0 bridgehead atoms. The zero-order chi connectivity index (χ0) is 15.8. The summed E-state index contributed by atoms with van der Waals surface area (Å²) in [7, 11) is 0. The van der Waals surface area contributed by atoms with Gasteiger partial charge in [0.15, 0.2) is 0 Å². The van der Waals surface area contributed by atoms with E-state index >= 15 is 0 Å². The normalized spacial score (nSPS) is 26.2. The summed E-state index contributed by atoms with van der Waals surface area (Å²) >= 11 is 0. The van der Waals surface area contributed by atoms with Crippen molar-refractivity contribution in [3.8, 4) is 0 Å². The molecular weight excluding hydrogens is 252 g/mol. The Morgan fingerprint density at radius 2 is 1.50 bits per heavy atom. The third kappa shape index (κ3) is 3.15. The molecule has 0 radical (unpaired) electrons. The first-order chi connectivity index (χ1) is 8.98. The maximum atomic E-state index is 12.8. The summed E-state index contributed by atoms with van der Waals surface area (Å²) in [6.45, 7) is 16.3. The SMILES string of the molecule is CC(C)C1NC(=O)C(C(C)C)N(C(C)C(C)(C)C)C1=O. The van der Waals surface area contributed by atoms with Gasteiger partial charge in [-0.25, -0.2) is 0 Å². The highest BCUT2D eigenvalue weighted by Gasteiger charge is 2.46. The standard InChI is InChI=1S/C16H30N2O2/c1-9(2)12-15(20)18(11(5)16(6,7)8)13(10(3)4)14(19)17-12/h9-13H,1-8H3,(H,17,19). The van der Waals surface area contributed by atoms with Crippen molar-refractivity contribution < 1.29 is 9.59 Å². The van der Waals surface area contributed by atoms with E-state index in [-0.39, 0.29) is 41.1 Å². The number of hydrogen-bond acceptors (Lipinski definition) is 2. The van der Waals surface area contributed by atoms with Crippen LogP contribution in [0.1, 0.15) is 55.4 Å². The Kier molecular flexibility index (Phi) is 4.88. The van der Waals surface area contributed by atoms with Gasteiger partial charge in [-0.05, 0) is 24.2 Å². The largest absolute Gasteiger partial charge is 0.342 e. The molecule has 3 atom stereocenters. The van der Waals surface area contributed by atoms with Crippen LogP contribution in [-0.2, 0) is 9.59 Å². The molecule has 1 aliphatic rings. The van der Waals surface area contributed by atoms with Crippen LogP contribution in [0.25, 0.3) is 0 Å². The van der Waals surface area contributed by atoms with E-state index in [1.165, 1.54) is 0 Å². The third-order valence-corrected chi connectivity index (χ3v) is 4.36. The third-order valence-electron chi connectivity index (χ3n) is 4.36. The van der Waals surface area contributed by atoms with Crippen LogP contribution in [0.2, 0.25) is 0 Å². The van der Waals surface area contributed by atoms with Crippen LogP contribution in [0.3, 0.4) is 0 Å². The molecule has 4 nitrogen and oxygen atoms in total. The molecule has 0 saturated carbocycles. The molecule has 1 saturated heterocycles. The maximum absolute atomic E-state index is 12.8. The summed E-state index contributed by atoms with van der Waals surface area (Å²) in [5.41, 5.74) is -0.0536. The van der Waals surface area contributed by atoms with E-state index < -0.39 is 6.04 Å². The Hall–Kier alpha value is -1.06. The number of carbonyl (C=O) groups is 2. The molecule has 1 aliphatic heterocycles. The topological polar surface area (TPSA) is 49.4 Å². The molecule has 0 aliphatic carbocycles. The Balaban J connectivity index is 3.21. The molecular formula is C16H30N2O2. The molecule has 0 spiro atoms. The van der Waals surface area contributed by atoms with Gasteiger partial charge in [0.2, 0.25) is 11.8 Å². The number of carbonyl (C=O) groups excluding carboxylic acids is 2. The zero-order valence-electron chi connectivity index (χ0n) is 14.2. The van der Waals surface area contributed by atoms with Crippen LogP contribution in [0, 0.1) is 17.3 Å². The van der Waals surface area contributed by atoms with Gasteiger partial charge in [0, 0.05) is 6.04 Å². The van der Waals surface area contributed by atoms with E-state index in [0.717, 1.165) is 0 Å². The molecule has 2 amide bonds. The minimum absolute atomic E-state index is 0.0191. The highest BCUT2D eigenvalue weighted by molar-refractivity contribution is 5.97. The van der Waals surface area contributed by atoms with Crippen LogP contribution in [0.4, 0.5) is 0 Å². The Morgan fingerprint density at radius 3 is 1.85 bits per heavy atom. The second-order valence-corrected chi connectivity index (χ2v) is 7.71. The number of piperazine rings is 1. The first kappa shape index (κ1) is 17.0. The molecule has 20 heavy (non-hydrogen) atoms. The van der Waals surface area contributed by atoms with Crippen molar-refractivity contribution in [1.29, 1.82) is 0 Å². The molecule has 0 aromatic heterocycles. The highest BCUT2D eigenvalue weighted by Crippen LogP contribution is 2.31. The van der Waals surface area contributed by atoms with Crippen molar-refractivity contribution in [1.82, 2.24) is 10.2 Å². The minimum atomic E-state index is -0.401. The van der Waals surface area contributed by atoms with Crippen molar-refractivity contribution >= 4 is 11.8 Å². The zero-order valence-corrected chi connectivity index (χ0v) is 14.2. The second kappa shape index (κ2) is 5.74. The number of nitrogens with one attached hydrogen (secondary N) is 1.